The zero-order valence-corrected chi connectivity index (χ0v) is 17.4. The van der Waals surface area contributed by atoms with Gasteiger partial charge in [-0.2, -0.15) is 4.98 Å². The number of halogens is 2. The van der Waals surface area contributed by atoms with E-state index in [9.17, 15) is 13.6 Å². The second-order valence-electron chi connectivity index (χ2n) is 8.37. The highest BCUT2D eigenvalue weighted by atomic mass is 19.3. The highest BCUT2D eigenvalue weighted by Crippen LogP contribution is 2.42. The lowest BCUT2D eigenvalue weighted by Gasteiger charge is -2.31. The maximum Gasteiger partial charge on any atom is 0.250 e. The number of anilines is 3. The van der Waals surface area contributed by atoms with E-state index in [0.717, 1.165) is 35.5 Å². The zero-order valence-electron chi connectivity index (χ0n) is 17.4. The molecular formula is C22H28F2N6O. The number of rotatable bonds is 9. The molecule has 1 saturated heterocycles. The monoisotopic (exact) mass is 430 g/mol. The van der Waals surface area contributed by atoms with Crippen LogP contribution in [0.5, 0.6) is 0 Å². The fraction of sp³-hybridized carbons (Fsp3) is 0.500. The van der Waals surface area contributed by atoms with Crippen molar-refractivity contribution in [3.05, 3.63) is 41.6 Å². The number of piperidine rings is 1. The van der Waals surface area contributed by atoms with Crippen LogP contribution in [-0.4, -0.2) is 46.3 Å². The van der Waals surface area contributed by atoms with Crippen LogP contribution in [-0.2, 0) is 11.3 Å². The van der Waals surface area contributed by atoms with Gasteiger partial charge in [0.2, 0.25) is 11.9 Å². The van der Waals surface area contributed by atoms with Crippen molar-refractivity contribution in [2.45, 2.75) is 50.5 Å². The predicted octanol–water partition coefficient (Wildman–Crippen LogP) is 3.62. The number of alkyl halides is 2. The van der Waals surface area contributed by atoms with Gasteiger partial charge >= 0.3 is 0 Å². The number of carbonyl (C=O) groups excluding carboxylic acids is 1. The van der Waals surface area contributed by atoms with E-state index in [2.05, 4.69) is 25.5 Å². The number of hydrogen-bond donors (Lipinski definition) is 3. The van der Waals surface area contributed by atoms with E-state index in [1.807, 2.05) is 30.5 Å². The van der Waals surface area contributed by atoms with E-state index < -0.39 is 5.92 Å². The first-order valence-electron chi connectivity index (χ1n) is 10.7. The van der Waals surface area contributed by atoms with Gasteiger partial charge in [-0.3, -0.25) is 9.69 Å². The molecular weight excluding hydrogens is 402 g/mol. The molecule has 1 aliphatic carbocycles. The van der Waals surface area contributed by atoms with Crippen molar-refractivity contribution < 1.29 is 13.6 Å². The number of nitrogens with one attached hydrogen (secondary N) is 2. The molecule has 9 heteroatoms. The van der Waals surface area contributed by atoms with Crippen LogP contribution in [0.4, 0.5) is 26.2 Å². The molecule has 0 unspecified atom stereocenters. The SMILES string of the molecule is NC(=O)CCNc1nc(Nc2cccc(CN3CCC(F)(F)CC3)c2)ncc1C1CC1. The summed E-state index contributed by atoms with van der Waals surface area (Å²) in [5, 5.41) is 6.43. The smallest absolute Gasteiger partial charge is 0.250 e. The second-order valence-corrected chi connectivity index (χ2v) is 8.37. The number of primary amides is 1. The quantitative estimate of drug-likeness (QED) is 0.562. The van der Waals surface area contributed by atoms with Gasteiger partial charge in [0.15, 0.2) is 0 Å². The molecule has 4 N–H and O–H groups in total. The summed E-state index contributed by atoms with van der Waals surface area (Å²) in [6.07, 6.45) is 4.13. The van der Waals surface area contributed by atoms with Crippen molar-refractivity contribution in [3.63, 3.8) is 0 Å². The highest BCUT2D eigenvalue weighted by molar-refractivity contribution is 5.74. The number of aromatic nitrogens is 2. The van der Waals surface area contributed by atoms with Gasteiger partial charge in [0.1, 0.15) is 5.82 Å². The summed E-state index contributed by atoms with van der Waals surface area (Å²) in [4.78, 5) is 22.1. The Kier molecular flexibility index (Phi) is 6.31. The lowest BCUT2D eigenvalue weighted by molar-refractivity contribution is -0.117. The summed E-state index contributed by atoms with van der Waals surface area (Å²) in [5.74, 6) is -1.24. The molecule has 31 heavy (non-hydrogen) atoms. The average molecular weight is 431 g/mol. The molecule has 2 aliphatic rings. The Labute approximate surface area is 180 Å². The molecule has 1 aromatic heterocycles. The number of hydrogen-bond acceptors (Lipinski definition) is 6. The van der Waals surface area contributed by atoms with E-state index in [0.29, 0.717) is 38.0 Å². The minimum absolute atomic E-state index is 0.0857. The third-order valence-corrected chi connectivity index (χ3v) is 5.67. The van der Waals surface area contributed by atoms with Crippen LogP contribution in [0.25, 0.3) is 0 Å². The van der Waals surface area contributed by atoms with E-state index >= 15 is 0 Å². The number of carbonyl (C=O) groups is 1. The fourth-order valence-electron chi connectivity index (χ4n) is 3.76. The highest BCUT2D eigenvalue weighted by Gasteiger charge is 2.33. The normalized spacial score (nSPS) is 18.5. The van der Waals surface area contributed by atoms with Crippen LogP contribution >= 0.6 is 0 Å². The van der Waals surface area contributed by atoms with Gasteiger partial charge in [-0.1, -0.05) is 12.1 Å². The molecule has 2 heterocycles. The third kappa shape index (κ3) is 6.10. The summed E-state index contributed by atoms with van der Waals surface area (Å²) >= 11 is 0. The molecule has 166 valence electrons. The minimum atomic E-state index is -2.53. The molecule has 7 nitrogen and oxygen atoms in total. The summed E-state index contributed by atoms with van der Waals surface area (Å²) < 4.78 is 26.8. The van der Waals surface area contributed by atoms with E-state index in [-0.39, 0.29) is 25.2 Å². The Morgan fingerprint density at radius 2 is 2.03 bits per heavy atom. The summed E-state index contributed by atoms with van der Waals surface area (Å²) in [5.41, 5.74) is 8.17. The third-order valence-electron chi connectivity index (χ3n) is 5.67. The summed E-state index contributed by atoms with van der Waals surface area (Å²) in [6.45, 7) is 1.86. The number of nitrogens with zero attached hydrogens (tertiary/aromatic N) is 3. The predicted molar refractivity (Wildman–Crippen MR) is 115 cm³/mol. The molecule has 1 amide bonds. The molecule has 0 atom stereocenters. The zero-order chi connectivity index (χ0) is 21.8. The van der Waals surface area contributed by atoms with Gasteiger partial charge in [0.25, 0.3) is 5.92 Å². The van der Waals surface area contributed by atoms with Crippen molar-refractivity contribution >= 4 is 23.4 Å². The Morgan fingerprint density at radius 1 is 1.26 bits per heavy atom. The summed E-state index contributed by atoms with van der Waals surface area (Å²) in [7, 11) is 0. The molecule has 1 saturated carbocycles. The minimum Gasteiger partial charge on any atom is -0.370 e. The van der Waals surface area contributed by atoms with Crippen LogP contribution in [0.15, 0.2) is 30.5 Å². The molecule has 1 aliphatic heterocycles. The molecule has 4 rings (SSSR count). The van der Waals surface area contributed by atoms with E-state index in [4.69, 9.17) is 5.73 Å². The van der Waals surface area contributed by atoms with Crippen LogP contribution in [0.1, 0.15) is 49.1 Å². The maximum atomic E-state index is 13.4. The van der Waals surface area contributed by atoms with Gasteiger partial charge in [0, 0.05) is 62.9 Å². The Hall–Kier alpha value is -2.81. The largest absolute Gasteiger partial charge is 0.370 e. The molecule has 0 spiro atoms. The first kappa shape index (κ1) is 21.4. The maximum absolute atomic E-state index is 13.4. The Bertz CT molecular complexity index is 924. The van der Waals surface area contributed by atoms with Gasteiger partial charge in [0.05, 0.1) is 0 Å². The lowest BCUT2D eigenvalue weighted by atomic mass is 10.1. The van der Waals surface area contributed by atoms with Crippen molar-refractivity contribution in [1.82, 2.24) is 14.9 Å². The molecule has 0 bridgehead atoms. The van der Waals surface area contributed by atoms with Gasteiger partial charge in [-0.25, -0.2) is 13.8 Å². The van der Waals surface area contributed by atoms with E-state index in [1.165, 1.54) is 0 Å². The van der Waals surface area contributed by atoms with Crippen molar-refractivity contribution in [2.75, 3.05) is 30.3 Å². The average Bonchev–Trinajstić information content (AvgIpc) is 3.55. The summed E-state index contributed by atoms with van der Waals surface area (Å²) in [6, 6.07) is 7.84. The Balaban J connectivity index is 1.41. The van der Waals surface area contributed by atoms with Crippen molar-refractivity contribution in [2.24, 2.45) is 5.73 Å². The van der Waals surface area contributed by atoms with Gasteiger partial charge in [-0.05, 0) is 36.5 Å². The molecule has 1 aromatic carbocycles. The lowest BCUT2D eigenvalue weighted by Crippen LogP contribution is -2.38. The van der Waals surface area contributed by atoms with Gasteiger partial charge in [-0.15, -0.1) is 0 Å². The first-order chi connectivity index (χ1) is 14.9. The second kappa shape index (κ2) is 9.13. The number of benzene rings is 1. The van der Waals surface area contributed by atoms with Crippen LogP contribution in [0, 0.1) is 0 Å². The van der Waals surface area contributed by atoms with E-state index in [1.54, 1.807) is 0 Å². The Morgan fingerprint density at radius 3 is 2.74 bits per heavy atom. The topological polar surface area (TPSA) is 96.2 Å². The van der Waals surface area contributed by atoms with Crippen molar-refractivity contribution in [3.8, 4) is 0 Å². The van der Waals surface area contributed by atoms with Crippen LogP contribution in [0.2, 0.25) is 0 Å². The molecule has 2 fully saturated rings. The number of nitrogens with two attached hydrogens (primary N) is 1. The fourth-order valence-corrected chi connectivity index (χ4v) is 3.76. The number of amides is 1. The van der Waals surface area contributed by atoms with Gasteiger partial charge < -0.3 is 16.4 Å². The van der Waals surface area contributed by atoms with Crippen LogP contribution in [0.3, 0.4) is 0 Å². The van der Waals surface area contributed by atoms with Crippen LogP contribution < -0.4 is 16.4 Å². The number of likely N-dealkylation sites (tertiary alicyclic amines) is 1. The standard InChI is InChI=1S/C22H28F2N6O/c23-22(24)7-10-30(11-8-22)14-15-2-1-3-17(12-15)28-21-27-13-18(16-4-5-16)20(29-21)26-9-6-19(25)31/h1-3,12-13,16H,4-11,14H2,(H2,25,31)(H2,26,27,28,29). The molecule has 0 radical (unpaired) electrons. The first-order valence-corrected chi connectivity index (χ1v) is 10.7. The molecule has 2 aromatic rings. The van der Waals surface area contributed by atoms with Crippen molar-refractivity contribution in [1.29, 1.82) is 0 Å².